The summed E-state index contributed by atoms with van der Waals surface area (Å²) in [7, 11) is 0. The number of aromatic nitrogens is 2. The molecule has 21 heavy (non-hydrogen) atoms. The third-order valence-corrected chi connectivity index (χ3v) is 3.38. The lowest BCUT2D eigenvalue weighted by Crippen LogP contribution is -2.34. The van der Waals surface area contributed by atoms with Crippen LogP contribution in [0.4, 0.5) is 18.7 Å². The Bertz CT molecular complexity index is 594. The highest BCUT2D eigenvalue weighted by Gasteiger charge is 2.17. The lowest BCUT2D eigenvalue weighted by molar-refractivity contribution is 0.150. The van der Waals surface area contributed by atoms with Gasteiger partial charge in [-0.05, 0) is 5.56 Å². The molecule has 0 bridgehead atoms. The molecule has 2 aromatic rings. The molecule has 1 aromatic heterocycles. The Hall–Kier alpha value is -2.13. The van der Waals surface area contributed by atoms with Crippen molar-refractivity contribution in [2.45, 2.75) is 12.5 Å². The summed E-state index contributed by atoms with van der Waals surface area (Å²) in [5.74, 6) is 0. The van der Waals surface area contributed by atoms with Gasteiger partial charge in [-0.15, -0.1) is 10.2 Å². The maximum absolute atomic E-state index is 12.4. The second-order valence-electron chi connectivity index (χ2n) is 3.99. The van der Waals surface area contributed by atoms with Gasteiger partial charge >= 0.3 is 6.03 Å². The fourth-order valence-electron chi connectivity index (χ4n) is 1.58. The first kappa shape index (κ1) is 15.3. The van der Waals surface area contributed by atoms with Gasteiger partial charge in [0.25, 0.3) is 6.43 Å². The number of aliphatic hydroxyl groups excluding tert-OH is 1. The molecule has 0 unspecified atom stereocenters. The number of alkyl halides is 2. The fraction of sp³-hybridized carbons (Fsp3) is 0.250. The number of carbonyl (C=O) groups is 1. The van der Waals surface area contributed by atoms with Crippen LogP contribution in [0.5, 0.6) is 0 Å². The zero-order valence-electron chi connectivity index (χ0n) is 10.7. The number of halogens is 2. The normalized spacial score (nSPS) is 12.2. The molecule has 1 heterocycles. The summed E-state index contributed by atoms with van der Waals surface area (Å²) in [6, 6.07) is 7.60. The summed E-state index contributed by atoms with van der Waals surface area (Å²) in [6.07, 6.45) is -2.73. The zero-order chi connectivity index (χ0) is 15.2. The molecule has 2 amide bonds. The molecule has 1 aromatic carbocycles. The van der Waals surface area contributed by atoms with Gasteiger partial charge in [0.15, 0.2) is 5.01 Å². The van der Waals surface area contributed by atoms with Crippen LogP contribution in [0.3, 0.4) is 0 Å². The van der Waals surface area contributed by atoms with Gasteiger partial charge in [0, 0.05) is 0 Å². The number of nitrogens with one attached hydrogen (secondary N) is 2. The Morgan fingerprint density at radius 1 is 1.29 bits per heavy atom. The molecule has 112 valence electrons. The number of hydrogen-bond donors (Lipinski definition) is 3. The quantitative estimate of drug-likeness (QED) is 0.790. The third-order valence-electron chi connectivity index (χ3n) is 2.54. The number of hydrogen-bond acceptors (Lipinski definition) is 5. The van der Waals surface area contributed by atoms with Crippen molar-refractivity contribution in [1.29, 1.82) is 0 Å². The second-order valence-corrected chi connectivity index (χ2v) is 5.00. The van der Waals surface area contributed by atoms with Crippen molar-refractivity contribution in [3.63, 3.8) is 0 Å². The first-order valence-corrected chi connectivity index (χ1v) is 6.76. The fourth-order valence-corrected chi connectivity index (χ4v) is 2.18. The van der Waals surface area contributed by atoms with Gasteiger partial charge in [0.1, 0.15) is 0 Å². The molecular formula is C12H12F2N4O2S. The zero-order valence-corrected chi connectivity index (χ0v) is 11.5. The molecule has 0 aliphatic rings. The van der Waals surface area contributed by atoms with E-state index in [0.29, 0.717) is 11.3 Å². The summed E-state index contributed by atoms with van der Waals surface area (Å²) in [6.45, 7) is -0.296. The number of aliphatic hydroxyl groups is 1. The number of urea groups is 1. The number of rotatable bonds is 5. The molecule has 0 aliphatic carbocycles. The highest BCUT2D eigenvalue weighted by molar-refractivity contribution is 7.15. The first-order valence-electron chi connectivity index (χ1n) is 5.95. The van der Waals surface area contributed by atoms with Crippen LogP contribution in [0.2, 0.25) is 0 Å². The smallest absolute Gasteiger partial charge is 0.321 e. The van der Waals surface area contributed by atoms with E-state index in [9.17, 15) is 18.7 Å². The van der Waals surface area contributed by atoms with E-state index in [4.69, 9.17) is 0 Å². The molecule has 0 spiro atoms. The molecular weight excluding hydrogens is 302 g/mol. The Balaban J connectivity index is 1.96. The van der Waals surface area contributed by atoms with Crippen LogP contribution in [0.25, 0.3) is 0 Å². The van der Waals surface area contributed by atoms with Gasteiger partial charge in [0.05, 0.1) is 12.6 Å². The van der Waals surface area contributed by atoms with E-state index in [0.717, 1.165) is 5.56 Å². The van der Waals surface area contributed by atoms with Crippen molar-refractivity contribution >= 4 is 22.5 Å². The maximum Gasteiger partial charge on any atom is 0.321 e. The van der Waals surface area contributed by atoms with Crippen LogP contribution in [-0.2, 0) is 0 Å². The van der Waals surface area contributed by atoms with Crippen molar-refractivity contribution in [3.8, 4) is 0 Å². The number of benzene rings is 1. The monoisotopic (exact) mass is 314 g/mol. The minimum atomic E-state index is -2.73. The predicted molar refractivity (Wildman–Crippen MR) is 73.3 cm³/mol. The second kappa shape index (κ2) is 7.04. The highest BCUT2D eigenvalue weighted by Crippen LogP contribution is 2.25. The maximum atomic E-state index is 12.4. The van der Waals surface area contributed by atoms with Crippen molar-refractivity contribution in [3.05, 3.63) is 40.9 Å². The molecule has 0 radical (unpaired) electrons. The molecule has 2 rings (SSSR count). The van der Waals surface area contributed by atoms with Gasteiger partial charge in [-0.2, -0.15) is 0 Å². The van der Waals surface area contributed by atoms with Crippen molar-refractivity contribution in [2.75, 3.05) is 11.9 Å². The summed E-state index contributed by atoms with van der Waals surface area (Å²) in [4.78, 5) is 11.8. The van der Waals surface area contributed by atoms with Gasteiger partial charge in [0.2, 0.25) is 5.13 Å². The Morgan fingerprint density at radius 3 is 2.57 bits per heavy atom. The van der Waals surface area contributed by atoms with Gasteiger partial charge in [-0.25, -0.2) is 13.6 Å². The predicted octanol–water partition coefficient (Wildman–Crippen LogP) is 2.33. The van der Waals surface area contributed by atoms with E-state index in [1.165, 1.54) is 0 Å². The van der Waals surface area contributed by atoms with Crippen molar-refractivity contribution in [1.82, 2.24) is 15.5 Å². The number of amides is 2. The van der Waals surface area contributed by atoms with Crippen LogP contribution in [0.15, 0.2) is 30.3 Å². The van der Waals surface area contributed by atoms with Gasteiger partial charge in [-0.1, -0.05) is 41.7 Å². The van der Waals surface area contributed by atoms with E-state index in [-0.39, 0.29) is 11.7 Å². The van der Waals surface area contributed by atoms with Crippen LogP contribution in [0.1, 0.15) is 23.0 Å². The van der Waals surface area contributed by atoms with Crippen LogP contribution in [0, 0.1) is 0 Å². The van der Waals surface area contributed by atoms with Crippen LogP contribution >= 0.6 is 11.3 Å². The number of nitrogens with zero attached hydrogens (tertiary/aromatic N) is 2. The number of anilines is 1. The minimum Gasteiger partial charge on any atom is -0.394 e. The standard InChI is InChI=1S/C12H12F2N4O2S/c13-9(14)10-17-18-12(21-10)16-11(20)15-8(6-19)7-4-2-1-3-5-7/h1-5,8-9,19H,6H2,(H2,15,16,18,20)/t8-/m1/s1. The summed E-state index contributed by atoms with van der Waals surface area (Å²) >= 11 is 0.593. The topological polar surface area (TPSA) is 87.1 Å². The van der Waals surface area contributed by atoms with Gasteiger partial charge < -0.3 is 10.4 Å². The molecule has 0 aliphatic heterocycles. The molecule has 3 N–H and O–H groups in total. The first-order chi connectivity index (χ1) is 10.1. The van der Waals surface area contributed by atoms with Crippen molar-refractivity contribution < 1.29 is 18.7 Å². The van der Waals surface area contributed by atoms with E-state index in [1.807, 2.05) is 6.07 Å². The molecule has 1 atom stereocenters. The van der Waals surface area contributed by atoms with Crippen molar-refractivity contribution in [2.24, 2.45) is 0 Å². The van der Waals surface area contributed by atoms with E-state index >= 15 is 0 Å². The molecule has 6 nitrogen and oxygen atoms in total. The average molecular weight is 314 g/mol. The van der Waals surface area contributed by atoms with E-state index in [2.05, 4.69) is 20.8 Å². The minimum absolute atomic E-state index is 0.0347. The van der Waals surface area contributed by atoms with E-state index in [1.54, 1.807) is 24.3 Å². The molecule has 0 saturated heterocycles. The molecule has 0 saturated carbocycles. The summed E-state index contributed by atoms with van der Waals surface area (Å²) < 4.78 is 24.7. The summed E-state index contributed by atoms with van der Waals surface area (Å²) in [5.41, 5.74) is 0.723. The Kier molecular flexibility index (Phi) is 5.12. The van der Waals surface area contributed by atoms with Crippen LogP contribution < -0.4 is 10.6 Å². The lowest BCUT2D eigenvalue weighted by Gasteiger charge is -2.16. The molecule has 9 heteroatoms. The Morgan fingerprint density at radius 2 is 2.00 bits per heavy atom. The Labute approximate surface area is 122 Å². The summed E-state index contributed by atoms with van der Waals surface area (Å²) in [5, 5.41) is 20.3. The SMILES string of the molecule is O=C(Nc1nnc(C(F)F)s1)N[C@H](CO)c1ccccc1. The highest BCUT2D eigenvalue weighted by atomic mass is 32.1. The van der Waals surface area contributed by atoms with Gasteiger partial charge in [-0.3, -0.25) is 5.32 Å². The largest absolute Gasteiger partial charge is 0.394 e. The molecule has 0 fully saturated rings. The number of carbonyl (C=O) groups excluding carboxylic acids is 1. The van der Waals surface area contributed by atoms with E-state index < -0.39 is 23.5 Å². The third kappa shape index (κ3) is 4.17. The lowest BCUT2D eigenvalue weighted by atomic mass is 10.1. The van der Waals surface area contributed by atoms with Crippen LogP contribution in [-0.4, -0.2) is 27.9 Å². The average Bonchev–Trinajstić information content (AvgIpc) is 2.94.